The van der Waals surface area contributed by atoms with Gasteiger partial charge < -0.3 is 10.3 Å². The fraction of sp³-hybridized carbons (Fsp3) is 0.261. The Kier molecular flexibility index (Phi) is 3.58. The highest BCUT2D eigenvalue weighted by molar-refractivity contribution is 5.86. The van der Waals surface area contributed by atoms with Gasteiger partial charge in [-0.3, -0.25) is 9.67 Å². The van der Waals surface area contributed by atoms with Crippen LogP contribution < -0.4 is 5.32 Å². The lowest BCUT2D eigenvalue weighted by Gasteiger charge is -2.20. The fourth-order valence-corrected chi connectivity index (χ4v) is 4.60. The van der Waals surface area contributed by atoms with Crippen LogP contribution in [0, 0.1) is 11.8 Å². The van der Waals surface area contributed by atoms with E-state index in [0.717, 1.165) is 53.1 Å². The molecule has 1 unspecified atom stereocenters. The van der Waals surface area contributed by atoms with Gasteiger partial charge in [0.2, 0.25) is 0 Å². The largest absolute Gasteiger partial charge is 0.345 e. The molecule has 4 aromatic rings. The molecule has 2 aliphatic heterocycles. The number of aryl methyl sites for hydroxylation is 1. The van der Waals surface area contributed by atoms with E-state index in [1.807, 2.05) is 24.5 Å². The highest BCUT2D eigenvalue weighted by atomic mass is 15.3. The normalized spacial score (nSPS) is 20.1. The van der Waals surface area contributed by atoms with Crippen molar-refractivity contribution in [1.82, 2.24) is 30.0 Å². The number of aromatic amines is 1. The summed E-state index contributed by atoms with van der Waals surface area (Å²) >= 11 is 0. The molecule has 2 aliphatic rings. The molecule has 2 N–H and O–H groups in total. The van der Waals surface area contributed by atoms with Crippen LogP contribution in [0.1, 0.15) is 29.7 Å². The maximum Gasteiger partial charge on any atom is 0.138 e. The molecule has 0 aromatic carbocycles. The van der Waals surface area contributed by atoms with Gasteiger partial charge in [0.15, 0.2) is 0 Å². The van der Waals surface area contributed by atoms with E-state index in [9.17, 15) is 0 Å². The Morgan fingerprint density at radius 3 is 2.90 bits per heavy atom. The molecule has 6 rings (SSSR count). The summed E-state index contributed by atoms with van der Waals surface area (Å²) in [5.41, 5.74) is 6.38. The minimum atomic E-state index is 0.262. The Labute approximate surface area is 168 Å². The zero-order valence-corrected chi connectivity index (χ0v) is 15.9. The number of nitrogens with one attached hydrogen (secondary N) is 2. The molecule has 4 aromatic heterocycles. The van der Waals surface area contributed by atoms with E-state index < -0.39 is 0 Å². The molecule has 1 saturated heterocycles. The van der Waals surface area contributed by atoms with Gasteiger partial charge in [0.1, 0.15) is 5.65 Å². The molecule has 1 atom stereocenters. The van der Waals surface area contributed by atoms with E-state index in [2.05, 4.69) is 48.9 Å². The molecule has 6 heteroatoms. The second-order valence-corrected chi connectivity index (χ2v) is 7.90. The lowest BCUT2D eigenvalue weighted by molar-refractivity contribution is 0.467. The average molecular weight is 380 g/mol. The van der Waals surface area contributed by atoms with Crippen LogP contribution in [0.15, 0.2) is 49.1 Å². The molecular weight excluding hydrogens is 360 g/mol. The highest BCUT2D eigenvalue weighted by Crippen LogP contribution is 2.41. The number of pyridine rings is 2. The monoisotopic (exact) mass is 380 g/mol. The van der Waals surface area contributed by atoms with Crippen LogP contribution in [0.3, 0.4) is 0 Å². The van der Waals surface area contributed by atoms with Crippen molar-refractivity contribution >= 4 is 11.0 Å². The molecule has 1 spiro atoms. The molecule has 0 saturated carbocycles. The number of fused-ring (bicyclic) bond motifs is 3. The van der Waals surface area contributed by atoms with Crippen molar-refractivity contribution in [2.24, 2.45) is 0 Å². The van der Waals surface area contributed by atoms with E-state index in [1.54, 1.807) is 12.4 Å². The number of aromatic nitrogens is 5. The van der Waals surface area contributed by atoms with Gasteiger partial charge in [-0.25, -0.2) is 4.98 Å². The summed E-state index contributed by atoms with van der Waals surface area (Å²) in [5, 5.41) is 9.44. The first-order valence-electron chi connectivity index (χ1n) is 9.99. The van der Waals surface area contributed by atoms with E-state index >= 15 is 0 Å². The van der Waals surface area contributed by atoms with Gasteiger partial charge in [0, 0.05) is 65.5 Å². The molecule has 29 heavy (non-hydrogen) atoms. The summed E-state index contributed by atoms with van der Waals surface area (Å²) in [6.07, 6.45) is 9.71. The van der Waals surface area contributed by atoms with Gasteiger partial charge in [0.25, 0.3) is 0 Å². The van der Waals surface area contributed by atoms with E-state index in [4.69, 9.17) is 5.10 Å². The summed E-state index contributed by atoms with van der Waals surface area (Å²) < 4.78 is 2.19. The summed E-state index contributed by atoms with van der Waals surface area (Å²) in [4.78, 5) is 11.9. The van der Waals surface area contributed by atoms with Crippen molar-refractivity contribution in [3.8, 4) is 23.1 Å². The SMILES string of the molecule is C(#Cc1c[nH]c2ncc(-c3cc4n(n3)CCC43CCNC3)cc12)c1ccncc1. The first-order valence-corrected chi connectivity index (χ1v) is 9.99. The van der Waals surface area contributed by atoms with Crippen molar-refractivity contribution in [2.75, 3.05) is 13.1 Å². The number of rotatable bonds is 1. The maximum absolute atomic E-state index is 4.89. The molecule has 6 heterocycles. The lowest BCUT2D eigenvalue weighted by Crippen LogP contribution is -2.25. The second kappa shape index (κ2) is 6.29. The Morgan fingerprint density at radius 1 is 1.10 bits per heavy atom. The van der Waals surface area contributed by atoms with Crippen LogP contribution in [0.4, 0.5) is 0 Å². The third kappa shape index (κ3) is 2.66. The smallest absolute Gasteiger partial charge is 0.138 e. The standard InChI is InChI=1S/C23H20N6/c1(16-3-7-24-8-4-16)2-17-13-26-22-19(17)11-18(14-27-22)20-12-21-23(5-9-25-15-23)6-10-29(21)28-20/h3-4,7-8,11-14,25H,5-6,9-10,15H2,(H,26,27). The summed E-state index contributed by atoms with van der Waals surface area (Å²) in [5.74, 6) is 6.46. The minimum Gasteiger partial charge on any atom is -0.345 e. The molecule has 0 aliphatic carbocycles. The summed E-state index contributed by atoms with van der Waals surface area (Å²) in [6.45, 7) is 3.15. The molecular formula is C23H20N6. The lowest BCUT2D eigenvalue weighted by atomic mass is 9.82. The number of H-pyrrole nitrogens is 1. The second-order valence-electron chi connectivity index (χ2n) is 7.90. The van der Waals surface area contributed by atoms with Gasteiger partial charge in [0.05, 0.1) is 11.3 Å². The topological polar surface area (TPSA) is 71.4 Å². The van der Waals surface area contributed by atoms with E-state index in [-0.39, 0.29) is 5.41 Å². The minimum absolute atomic E-state index is 0.262. The van der Waals surface area contributed by atoms with Crippen molar-refractivity contribution in [3.05, 3.63) is 65.9 Å². The van der Waals surface area contributed by atoms with Crippen molar-refractivity contribution < 1.29 is 0 Å². The van der Waals surface area contributed by atoms with Crippen LogP contribution in [-0.2, 0) is 12.0 Å². The van der Waals surface area contributed by atoms with Crippen LogP contribution in [0.5, 0.6) is 0 Å². The fourth-order valence-electron chi connectivity index (χ4n) is 4.60. The van der Waals surface area contributed by atoms with Crippen LogP contribution in [0.25, 0.3) is 22.3 Å². The molecule has 0 bridgehead atoms. The van der Waals surface area contributed by atoms with Crippen molar-refractivity contribution in [1.29, 1.82) is 0 Å². The molecule has 142 valence electrons. The first kappa shape index (κ1) is 16.5. The predicted molar refractivity (Wildman–Crippen MR) is 111 cm³/mol. The highest BCUT2D eigenvalue weighted by Gasteiger charge is 2.42. The molecule has 6 nitrogen and oxygen atoms in total. The van der Waals surface area contributed by atoms with Gasteiger partial charge >= 0.3 is 0 Å². The Hall–Kier alpha value is -3.43. The predicted octanol–water partition coefficient (Wildman–Crippen LogP) is 2.86. The molecule has 1 fully saturated rings. The van der Waals surface area contributed by atoms with E-state index in [1.165, 1.54) is 18.5 Å². The van der Waals surface area contributed by atoms with Gasteiger partial charge in [-0.05, 0) is 43.7 Å². The molecule has 0 radical (unpaired) electrons. The zero-order valence-electron chi connectivity index (χ0n) is 15.9. The molecule has 0 amide bonds. The number of hydrogen-bond donors (Lipinski definition) is 2. The third-order valence-electron chi connectivity index (χ3n) is 6.22. The Morgan fingerprint density at radius 2 is 2.03 bits per heavy atom. The third-order valence-corrected chi connectivity index (χ3v) is 6.22. The maximum atomic E-state index is 4.89. The first-order chi connectivity index (χ1) is 14.3. The van der Waals surface area contributed by atoms with Gasteiger partial charge in [-0.15, -0.1) is 0 Å². The van der Waals surface area contributed by atoms with Crippen molar-refractivity contribution in [3.63, 3.8) is 0 Å². The average Bonchev–Trinajstić information content (AvgIpc) is 3.53. The van der Waals surface area contributed by atoms with Gasteiger partial charge in [-0.1, -0.05) is 11.8 Å². The van der Waals surface area contributed by atoms with Crippen LogP contribution in [0.2, 0.25) is 0 Å². The van der Waals surface area contributed by atoms with Crippen LogP contribution in [-0.4, -0.2) is 37.8 Å². The number of nitrogens with zero attached hydrogens (tertiary/aromatic N) is 4. The number of hydrogen-bond acceptors (Lipinski definition) is 4. The summed E-state index contributed by atoms with van der Waals surface area (Å²) in [6, 6.07) is 8.22. The quantitative estimate of drug-likeness (QED) is 0.498. The Bertz CT molecular complexity index is 1270. The van der Waals surface area contributed by atoms with E-state index in [0.29, 0.717) is 0 Å². The zero-order chi connectivity index (χ0) is 19.3. The Balaban J connectivity index is 1.39. The van der Waals surface area contributed by atoms with Crippen LogP contribution >= 0.6 is 0 Å². The van der Waals surface area contributed by atoms with Gasteiger partial charge in [-0.2, -0.15) is 5.10 Å². The summed E-state index contributed by atoms with van der Waals surface area (Å²) in [7, 11) is 0. The van der Waals surface area contributed by atoms with Crippen molar-refractivity contribution in [2.45, 2.75) is 24.8 Å².